The second-order valence-corrected chi connectivity index (χ2v) is 9.99. The molecular formula is C21H32FN3O3S. The lowest BCUT2D eigenvalue weighted by Gasteiger charge is -2.31. The number of carbonyl (C=O) groups excluding carboxylic acids is 1. The molecule has 2 heterocycles. The molecule has 0 unspecified atom stereocenters. The lowest BCUT2D eigenvalue weighted by molar-refractivity contribution is -0.126. The maximum Gasteiger partial charge on any atom is 0.243 e. The van der Waals surface area contributed by atoms with E-state index in [1.54, 1.807) is 0 Å². The van der Waals surface area contributed by atoms with Gasteiger partial charge in [-0.2, -0.15) is 4.31 Å². The highest BCUT2D eigenvalue weighted by atomic mass is 32.2. The van der Waals surface area contributed by atoms with E-state index in [1.807, 2.05) is 0 Å². The van der Waals surface area contributed by atoms with Gasteiger partial charge < -0.3 is 10.2 Å². The molecule has 8 heteroatoms. The van der Waals surface area contributed by atoms with Crippen molar-refractivity contribution in [2.75, 3.05) is 39.3 Å². The van der Waals surface area contributed by atoms with Crippen LogP contribution in [0.2, 0.25) is 0 Å². The van der Waals surface area contributed by atoms with Gasteiger partial charge in [-0.25, -0.2) is 12.8 Å². The van der Waals surface area contributed by atoms with Crippen LogP contribution in [0.15, 0.2) is 29.2 Å². The van der Waals surface area contributed by atoms with E-state index in [0.717, 1.165) is 38.2 Å². The van der Waals surface area contributed by atoms with E-state index in [-0.39, 0.29) is 23.3 Å². The van der Waals surface area contributed by atoms with Crippen LogP contribution in [0, 0.1) is 11.7 Å². The minimum atomic E-state index is -3.71. The Balaban J connectivity index is 1.47. The molecule has 6 nitrogen and oxygen atoms in total. The van der Waals surface area contributed by atoms with E-state index < -0.39 is 15.8 Å². The molecule has 0 radical (unpaired) electrons. The SMILES string of the molecule is O=C(NCCCN1CCCCCC1)[C@@H]1CCCN(S(=O)(=O)c2ccc(F)cc2)C1. The smallest absolute Gasteiger partial charge is 0.243 e. The van der Waals surface area contributed by atoms with Gasteiger partial charge in [-0.3, -0.25) is 4.79 Å². The first-order valence-corrected chi connectivity index (χ1v) is 12.2. The highest BCUT2D eigenvalue weighted by molar-refractivity contribution is 7.89. The summed E-state index contributed by atoms with van der Waals surface area (Å²) in [6.07, 6.45) is 7.38. The minimum absolute atomic E-state index is 0.0670. The Morgan fingerprint density at radius 1 is 1.03 bits per heavy atom. The summed E-state index contributed by atoms with van der Waals surface area (Å²) in [6.45, 7) is 4.47. The van der Waals surface area contributed by atoms with Crippen LogP contribution in [0.5, 0.6) is 0 Å². The molecule has 0 spiro atoms. The third-order valence-corrected chi connectivity index (χ3v) is 7.73. The molecule has 2 saturated heterocycles. The van der Waals surface area contributed by atoms with Gasteiger partial charge in [0.05, 0.1) is 10.8 Å². The number of piperidine rings is 1. The van der Waals surface area contributed by atoms with Gasteiger partial charge in [-0.1, -0.05) is 12.8 Å². The zero-order valence-corrected chi connectivity index (χ0v) is 17.8. The Morgan fingerprint density at radius 2 is 1.72 bits per heavy atom. The van der Waals surface area contributed by atoms with Gasteiger partial charge in [0.1, 0.15) is 5.82 Å². The van der Waals surface area contributed by atoms with E-state index in [1.165, 1.54) is 42.1 Å². The number of benzene rings is 1. The summed E-state index contributed by atoms with van der Waals surface area (Å²) in [5, 5.41) is 2.99. The third-order valence-electron chi connectivity index (χ3n) is 5.86. The second-order valence-electron chi connectivity index (χ2n) is 8.06. The van der Waals surface area contributed by atoms with Gasteiger partial charge in [0.15, 0.2) is 0 Å². The van der Waals surface area contributed by atoms with Gasteiger partial charge in [-0.05, 0) is 76.0 Å². The second kappa shape index (κ2) is 10.5. The Kier molecular flexibility index (Phi) is 8.03. The van der Waals surface area contributed by atoms with Crippen LogP contribution < -0.4 is 5.32 Å². The predicted molar refractivity (Wildman–Crippen MR) is 110 cm³/mol. The summed E-state index contributed by atoms with van der Waals surface area (Å²) < 4.78 is 40.1. The Hall–Kier alpha value is -1.51. The van der Waals surface area contributed by atoms with Crippen LogP contribution in [0.1, 0.15) is 44.9 Å². The predicted octanol–water partition coefficient (Wildman–Crippen LogP) is 2.61. The molecular weight excluding hydrogens is 393 g/mol. The van der Waals surface area contributed by atoms with Gasteiger partial charge in [0, 0.05) is 19.6 Å². The van der Waals surface area contributed by atoms with Gasteiger partial charge >= 0.3 is 0 Å². The molecule has 2 aliphatic heterocycles. The summed E-state index contributed by atoms with van der Waals surface area (Å²) >= 11 is 0. The van der Waals surface area contributed by atoms with Gasteiger partial charge in [-0.15, -0.1) is 0 Å². The lowest BCUT2D eigenvalue weighted by atomic mass is 9.99. The summed E-state index contributed by atoms with van der Waals surface area (Å²) in [4.78, 5) is 15.1. The fourth-order valence-corrected chi connectivity index (χ4v) is 5.67. The Morgan fingerprint density at radius 3 is 2.41 bits per heavy atom. The van der Waals surface area contributed by atoms with Gasteiger partial charge in [0.2, 0.25) is 15.9 Å². The zero-order chi connectivity index (χ0) is 20.7. The highest BCUT2D eigenvalue weighted by Gasteiger charge is 2.33. The van der Waals surface area contributed by atoms with E-state index >= 15 is 0 Å². The largest absolute Gasteiger partial charge is 0.356 e. The van der Waals surface area contributed by atoms with Crippen LogP contribution in [0.3, 0.4) is 0 Å². The van der Waals surface area contributed by atoms with Crippen molar-refractivity contribution in [1.29, 1.82) is 0 Å². The zero-order valence-electron chi connectivity index (χ0n) is 17.0. The molecule has 29 heavy (non-hydrogen) atoms. The monoisotopic (exact) mass is 425 g/mol. The van der Waals surface area contributed by atoms with Crippen molar-refractivity contribution < 1.29 is 17.6 Å². The molecule has 0 aromatic heterocycles. The van der Waals surface area contributed by atoms with Crippen molar-refractivity contribution in [3.8, 4) is 0 Å². The van der Waals surface area contributed by atoms with Crippen LogP contribution in [-0.2, 0) is 14.8 Å². The number of rotatable bonds is 7. The van der Waals surface area contributed by atoms with Gasteiger partial charge in [0.25, 0.3) is 0 Å². The first kappa shape index (κ1) is 22.2. The molecule has 1 N–H and O–H groups in total. The summed E-state index contributed by atoms with van der Waals surface area (Å²) in [5.41, 5.74) is 0. The van der Waals surface area contributed by atoms with E-state index in [9.17, 15) is 17.6 Å². The van der Waals surface area contributed by atoms with E-state index in [0.29, 0.717) is 25.9 Å². The number of hydrogen-bond acceptors (Lipinski definition) is 4. The van der Waals surface area contributed by atoms with Crippen LogP contribution in [0.25, 0.3) is 0 Å². The molecule has 0 bridgehead atoms. The number of nitrogens with zero attached hydrogens (tertiary/aromatic N) is 2. The van der Waals surface area contributed by atoms with Crippen molar-refractivity contribution in [3.63, 3.8) is 0 Å². The summed E-state index contributed by atoms with van der Waals surface area (Å²) in [7, 11) is -3.71. The normalized spacial score (nSPS) is 22.2. The van der Waals surface area contributed by atoms with Crippen molar-refractivity contribution in [2.45, 2.75) is 49.8 Å². The fraction of sp³-hybridized carbons (Fsp3) is 0.667. The molecule has 2 aliphatic rings. The molecule has 2 fully saturated rings. The maximum absolute atomic E-state index is 13.1. The van der Waals surface area contributed by atoms with Crippen molar-refractivity contribution >= 4 is 15.9 Å². The van der Waals surface area contributed by atoms with Crippen molar-refractivity contribution in [1.82, 2.24) is 14.5 Å². The number of halogens is 1. The molecule has 162 valence electrons. The standard InChI is InChI=1S/C21H32FN3O3S/c22-19-8-10-20(11-9-19)29(27,28)25-16-5-7-18(17-25)21(26)23-12-6-15-24-13-3-1-2-4-14-24/h8-11,18H,1-7,12-17H2,(H,23,26)/t18-/m1/s1. The third kappa shape index (κ3) is 6.23. The first-order valence-electron chi connectivity index (χ1n) is 10.7. The van der Waals surface area contributed by atoms with Crippen LogP contribution in [-0.4, -0.2) is 62.8 Å². The Bertz CT molecular complexity index is 762. The number of sulfonamides is 1. The number of hydrogen-bond donors (Lipinski definition) is 1. The lowest BCUT2D eigenvalue weighted by Crippen LogP contribution is -2.45. The van der Waals surface area contributed by atoms with E-state index in [4.69, 9.17) is 0 Å². The molecule has 0 saturated carbocycles. The first-order chi connectivity index (χ1) is 14.0. The average molecular weight is 426 g/mol. The molecule has 1 aromatic carbocycles. The van der Waals surface area contributed by atoms with Crippen molar-refractivity contribution in [3.05, 3.63) is 30.1 Å². The highest BCUT2D eigenvalue weighted by Crippen LogP contribution is 2.24. The van der Waals surface area contributed by atoms with Crippen LogP contribution >= 0.6 is 0 Å². The Labute approximate surface area is 173 Å². The summed E-state index contributed by atoms with van der Waals surface area (Å²) in [6, 6.07) is 4.84. The molecule has 1 amide bonds. The van der Waals surface area contributed by atoms with Crippen LogP contribution in [0.4, 0.5) is 4.39 Å². The maximum atomic E-state index is 13.1. The van der Waals surface area contributed by atoms with Crippen molar-refractivity contribution in [2.24, 2.45) is 5.92 Å². The number of nitrogens with one attached hydrogen (secondary N) is 1. The number of carbonyl (C=O) groups is 1. The minimum Gasteiger partial charge on any atom is -0.356 e. The topological polar surface area (TPSA) is 69.7 Å². The average Bonchev–Trinajstić information content (AvgIpc) is 3.00. The fourth-order valence-electron chi connectivity index (χ4n) is 4.15. The molecule has 1 aromatic rings. The molecule has 0 aliphatic carbocycles. The van der Waals surface area contributed by atoms with E-state index in [2.05, 4.69) is 10.2 Å². The quantitative estimate of drug-likeness (QED) is 0.682. The molecule has 3 rings (SSSR count). The number of likely N-dealkylation sites (tertiary alicyclic amines) is 1. The molecule has 1 atom stereocenters. The number of amides is 1. The summed E-state index contributed by atoms with van der Waals surface area (Å²) in [5.74, 6) is -0.878.